The van der Waals surface area contributed by atoms with Gasteiger partial charge < -0.3 is 18.6 Å². The number of aryl methyl sites for hydroxylation is 1. The van der Waals surface area contributed by atoms with E-state index in [0.29, 0.717) is 11.2 Å². The second-order valence-electron chi connectivity index (χ2n) is 5.83. The maximum atomic E-state index is 11.8. The lowest BCUT2D eigenvalue weighted by Crippen LogP contribution is -2.41. The van der Waals surface area contributed by atoms with Crippen molar-refractivity contribution in [2.24, 2.45) is 7.05 Å². The standard InChI is InChI=1S/C13H20BNO4/c1-12(2)13(3,4)19-14(18-12)9-7-11(16)15(5)8-10(9)17-6/h7-8H,1-6H3. The average molecular weight is 265 g/mol. The predicted octanol–water partition coefficient (Wildman–Crippen LogP) is 0.693. The van der Waals surface area contributed by atoms with Crippen molar-refractivity contribution in [1.29, 1.82) is 0 Å². The van der Waals surface area contributed by atoms with Crippen molar-refractivity contribution in [2.45, 2.75) is 38.9 Å². The van der Waals surface area contributed by atoms with E-state index < -0.39 is 18.3 Å². The summed E-state index contributed by atoms with van der Waals surface area (Å²) in [6.45, 7) is 7.89. The first-order valence-corrected chi connectivity index (χ1v) is 6.28. The first-order chi connectivity index (χ1) is 8.68. The number of hydrogen-bond acceptors (Lipinski definition) is 4. The molecule has 0 saturated carbocycles. The van der Waals surface area contributed by atoms with Gasteiger partial charge in [-0.1, -0.05) is 0 Å². The highest BCUT2D eigenvalue weighted by molar-refractivity contribution is 6.63. The van der Waals surface area contributed by atoms with E-state index in [4.69, 9.17) is 14.0 Å². The molecule has 1 aliphatic heterocycles. The maximum absolute atomic E-state index is 11.8. The van der Waals surface area contributed by atoms with Crippen LogP contribution in [0.1, 0.15) is 27.7 Å². The molecule has 0 aliphatic carbocycles. The fourth-order valence-corrected chi connectivity index (χ4v) is 1.94. The molecule has 1 aromatic heterocycles. The number of pyridine rings is 1. The minimum Gasteiger partial charge on any atom is -0.496 e. The van der Waals surface area contributed by atoms with E-state index in [0.717, 1.165) is 0 Å². The molecule has 0 atom stereocenters. The Morgan fingerprint density at radius 1 is 1.21 bits per heavy atom. The van der Waals surface area contributed by atoms with Crippen LogP contribution in [0.2, 0.25) is 0 Å². The van der Waals surface area contributed by atoms with Crippen molar-refractivity contribution in [3.63, 3.8) is 0 Å². The second-order valence-corrected chi connectivity index (χ2v) is 5.83. The van der Waals surface area contributed by atoms with Crippen molar-refractivity contribution in [3.8, 4) is 5.75 Å². The van der Waals surface area contributed by atoms with Gasteiger partial charge >= 0.3 is 7.12 Å². The van der Waals surface area contributed by atoms with E-state index >= 15 is 0 Å². The van der Waals surface area contributed by atoms with Gasteiger partial charge in [0.1, 0.15) is 5.75 Å². The quantitative estimate of drug-likeness (QED) is 0.738. The molecule has 1 aliphatic rings. The van der Waals surface area contributed by atoms with Crippen LogP contribution in [0.3, 0.4) is 0 Å². The van der Waals surface area contributed by atoms with Gasteiger partial charge in [-0.15, -0.1) is 0 Å². The van der Waals surface area contributed by atoms with E-state index in [1.807, 2.05) is 27.7 Å². The maximum Gasteiger partial charge on any atom is 0.498 e. The topological polar surface area (TPSA) is 49.7 Å². The molecular formula is C13H20BNO4. The Kier molecular flexibility index (Phi) is 3.27. The third kappa shape index (κ3) is 2.30. The van der Waals surface area contributed by atoms with Gasteiger partial charge in [-0.3, -0.25) is 4.79 Å². The first kappa shape index (κ1) is 14.2. The van der Waals surface area contributed by atoms with Crippen LogP contribution in [-0.2, 0) is 16.4 Å². The van der Waals surface area contributed by atoms with E-state index in [1.54, 1.807) is 20.4 Å². The summed E-state index contributed by atoms with van der Waals surface area (Å²) in [5, 5.41) is 0. The van der Waals surface area contributed by atoms with Crippen molar-refractivity contribution in [1.82, 2.24) is 4.57 Å². The number of methoxy groups -OCH3 is 1. The lowest BCUT2D eigenvalue weighted by Gasteiger charge is -2.32. The van der Waals surface area contributed by atoms with Gasteiger partial charge in [0.05, 0.1) is 18.3 Å². The molecule has 1 fully saturated rings. The third-order valence-corrected chi connectivity index (χ3v) is 3.95. The minimum atomic E-state index is -0.589. The number of ether oxygens (including phenoxy) is 1. The second kappa shape index (κ2) is 4.39. The molecule has 0 N–H and O–H groups in total. The highest BCUT2D eigenvalue weighted by Gasteiger charge is 2.52. The fourth-order valence-electron chi connectivity index (χ4n) is 1.94. The zero-order valence-corrected chi connectivity index (χ0v) is 12.3. The molecule has 2 rings (SSSR count). The number of nitrogens with zero attached hydrogens (tertiary/aromatic N) is 1. The summed E-state index contributed by atoms with van der Waals surface area (Å²) in [7, 11) is 2.65. The average Bonchev–Trinajstić information content (AvgIpc) is 2.51. The summed E-state index contributed by atoms with van der Waals surface area (Å²) < 4.78 is 18.7. The lowest BCUT2D eigenvalue weighted by atomic mass is 9.79. The Hall–Kier alpha value is -1.27. The van der Waals surface area contributed by atoms with Crippen molar-refractivity contribution >= 4 is 12.6 Å². The Balaban J connectivity index is 2.45. The van der Waals surface area contributed by atoms with E-state index in [2.05, 4.69) is 0 Å². The molecule has 1 saturated heterocycles. The van der Waals surface area contributed by atoms with Crippen LogP contribution in [0.5, 0.6) is 5.75 Å². The molecule has 0 bridgehead atoms. The third-order valence-electron chi connectivity index (χ3n) is 3.95. The number of hydrogen-bond donors (Lipinski definition) is 0. The zero-order chi connectivity index (χ0) is 14.4. The Morgan fingerprint density at radius 3 is 2.21 bits per heavy atom. The van der Waals surface area contributed by atoms with Crippen molar-refractivity contribution in [2.75, 3.05) is 7.11 Å². The first-order valence-electron chi connectivity index (χ1n) is 6.28. The normalized spacial score (nSPS) is 20.6. The van der Waals surface area contributed by atoms with Gasteiger partial charge in [-0.25, -0.2) is 0 Å². The van der Waals surface area contributed by atoms with Crippen molar-refractivity contribution in [3.05, 3.63) is 22.6 Å². The molecule has 0 amide bonds. The van der Waals surface area contributed by atoms with E-state index in [9.17, 15) is 4.79 Å². The zero-order valence-electron chi connectivity index (χ0n) is 12.3. The Morgan fingerprint density at radius 2 is 1.74 bits per heavy atom. The summed E-state index contributed by atoms with van der Waals surface area (Å²) >= 11 is 0. The van der Waals surface area contributed by atoms with Gasteiger partial charge in [0, 0.05) is 24.8 Å². The summed E-state index contributed by atoms with van der Waals surface area (Å²) in [6.07, 6.45) is 1.64. The van der Waals surface area contributed by atoms with Gasteiger partial charge in [0.15, 0.2) is 0 Å². The smallest absolute Gasteiger partial charge is 0.496 e. The Labute approximate surface area is 113 Å². The van der Waals surface area contributed by atoms with E-state index in [1.165, 1.54) is 10.6 Å². The summed E-state index contributed by atoms with van der Waals surface area (Å²) in [5.74, 6) is 0.584. The largest absolute Gasteiger partial charge is 0.498 e. The Bertz CT molecular complexity index is 534. The molecule has 104 valence electrons. The fraction of sp³-hybridized carbons (Fsp3) is 0.615. The minimum absolute atomic E-state index is 0.120. The van der Waals surface area contributed by atoms with Crippen LogP contribution in [-0.4, -0.2) is 30.0 Å². The van der Waals surface area contributed by atoms with E-state index in [-0.39, 0.29) is 5.56 Å². The van der Waals surface area contributed by atoms with Crippen LogP contribution in [0.15, 0.2) is 17.1 Å². The van der Waals surface area contributed by atoms with Gasteiger partial charge in [0.2, 0.25) is 5.56 Å². The molecule has 0 aromatic carbocycles. The van der Waals surface area contributed by atoms with Crippen LogP contribution in [0, 0.1) is 0 Å². The van der Waals surface area contributed by atoms with Gasteiger partial charge in [-0.2, -0.15) is 0 Å². The lowest BCUT2D eigenvalue weighted by molar-refractivity contribution is 0.00578. The van der Waals surface area contributed by atoms with Crippen molar-refractivity contribution < 1.29 is 14.0 Å². The van der Waals surface area contributed by atoms with Gasteiger partial charge in [-0.05, 0) is 27.7 Å². The molecule has 5 nitrogen and oxygen atoms in total. The number of aromatic nitrogens is 1. The molecule has 0 unspecified atom stereocenters. The molecule has 1 aromatic rings. The van der Waals surface area contributed by atoms with Gasteiger partial charge in [0.25, 0.3) is 0 Å². The summed E-state index contributed by atoms with van der Waals surface area (Å²) in [6, 6.07) is 1.50. The summed E-state index contributed by atoms with van der Waals surface area (Å²) in [4.78, 5) is 11.8. The molecule has 0 radical (unpaired) electrons. The van der Waals surface area contributed by atoms with Crippen LogP contribution < -0.4 is 15.8 Å². The highest BCUT2D eigenvalue weighted by Crippen LogP contribution is 2.36. The van der Waals surface area contributed by atoms with Crippen LogP contribution >= 0.6 is 0 Å². The van der Waals surface area contributed by atoms with Crippen LogP contribution in [0.25, 0.3) is 0 Å². The predicted molar refractivity (Wildman–Crippen MR) is 74.0 cm³/mol. The molecule has 6 heteroatoms. The SMILES string of the molecule is COc1cn(C)c(=O)cc1B1OC(C)(C)C(C)(C)O1. The molecule has 0 spiro atoms. The summed E-state index contributed by atoms with van der Waals surface area (Å²) in [5.41, 5.74) is -0.372. The van der Waals surface area contributed by atoms with Crippen LogP contribution in [0.4, 0.5) is 0 Å². The molecular weight excluding hydrogens is 245 g/mol. The molecule has 2 heterocycles. The monoisotopic (exact) mass is 265 g/mol. The highest BCUT2D eigenvalue weighted by atomic mass is 16.7. The molecule has 19 heavy (non-hydrogen) atoms. The number of rotatable bonds is 2.